The highest BCUT2D eigenvalue weighted by molar-refractivity contribution is 7.92. The van der Waals surface area contributed by atoms with Gasteiger partial charge in [-0.1, -0.05) is 23.5 Å². The van der Waals surface area contributed by atoms with Gasteiger partial charge in [0.05, 0.1) is 22.9 Å². The minimum absolute atomic E-state index is 0.126. The van der Waals surface area contributed by atoms with Crippen molar-refractivity contribution in [2.45, 2.75) is 29.4 Å². The minimum Gasteiger partial charge on any atom is -0.380 e. The Labute approximate surface area is 177 Å². The van der Waals surface area contributed by atoms with Gasteiger partial charge in [0, 0.05) is 25.3 Å². The van der Waals surface area contributed by atoms with Crippen molar-refractivity contribution in [3.63, 3.8) is 0 Å². The second-order valence-corrected chi connectivity index (χ2v) is 10.3. The number of hydrogen-bond donors (Lipinski definition) is 1. The lowest BCUT2D eigenvalue weighted by Gasteiger charge is -2.15. The molecule has 3 heterocycles. The average molecular weight is 453 g/mol. The number of thiazole rings is 1. The van der Waals surface area contributed by atoms with Crippen LogP contribution in [0.25, 0.3) is 0 Å². The Kier molecular flexibility index (Phi) is 6.11. The molecule has 2 saturated heterocycles. The highest BCUT2D eigenvalue weighted by Crippen LogP contribution is 2.23. The van der Waals surface area contributed by atoms with Gasteiger partial charge in [-0.15, -0.1) is 0 Å². The molecule has 8 nitrogen and oxygen atoms in total. The van der Waals surface area contributed by atoms with Gasteiger partial charge in [-0.2, -0.15) is 9.49 Å². The molecule has 0 saturated carbocycles. The second kappa shape index (κ2) is 8.78. The summed E-state index contributed by atoms with van der Waals surface area (Å²) < 4.78 is 43.9. The summed E-state index contributed by atoms with van der Waals surface area (Å²) in [6, 6.07) is 6.11. The molecule has 0 aliphatic carbocycles. The Hall–Kier alpha value is -2.37. The molecule has 1 atom stereocenters. The quantitative estimate of drug-likeness (QED) is 0.675. The maximum Gasteiger partial charge on any atom is 0.278 e. The number of ether oxygens (including phenoxy) is 1. The normalized spacial score (nSPS) is 20.0. The van der Waals surface area contributed by atoms with E-state index in [9.17, 15) is 17.6 Å². The van der Waals surface area contributed by atoms with Crippen molar-refractivity contribution in [2.24, 2.45) is 5.10 Å². The van der Waals surface area contributed by atoms with E-state index in [2.05, 4.69) is 15.4 Å². The highest BCUT2D eigenvalue weighted by atomic mass is 32.2. The number of nitrogens with zero attached hydrogens (tertiary/aromatic N) is 3. The van der Waals surface area contributed by atoms with Crippen molar-refractivity contribution in [2.75, 3.05) is 31.6 Å². The van der Waals surface area contributed by atoms with Crippen molar-refractivity contribution in [3.8, 4) is 0 Å². The smallest absolute Gasteiger partial charge is 0.278 e. The summed E-state index contributed by atoms with van der Waals surface area (Å²) in [7, 11) is -3.50. The number of benzene rings is 1. The third kappa shape index (κ3) is 4.52. The zero-order valence-electron chi connectivity index (χ0n) is 16.1. The maximum atomic E-state index is 13.2. The first kappa shape index (κ1) is 20.9. The van der Waals surface area contributed by atoms with Crippen LogP contribution >= 0.6 is 11.3 Å². The van der Waals surface area contributed by atoms with E-state index in [4.69, 9.17) is 4.74 Å². The molecule has 4 rings (SSSR count). The first-order valence-corrected chi connectivity index (χ1v) is 12.0. The third-order valence-corrected chi connectivity index (χ3v) is 7.90. The molecule has 1 aromatic carbocycles. The van der Waals surface area contributed by atoms with Gasteiger partial charge < -0.3 is 4.74 Å². The number of aromatic nitrogens is 1. The van der Waals surface area contributed by atoms with E-state index in [0.29, 0.717) is 18.6 Å². The molecule has 2 fully saturated rings. The van der Waals surface area contributed by atoms with E-state index in [1.165, 1.54) is 12.1 Å². The molecule has 1 amide bonds. The van der Waals surface area contributed by atoms with Crippen molar-refractivity contribution in [1.29, 1.82) is 0 Å². The summed E-state index contributed by atoms with van der Waals surface area (Å²) >= 11 is 0.722. The number of hydrazone groups is 1. The fraction of sp³-hybridized carbons (Fsp3) is 0.421. The molecule has 0 bridgehead atoms. The van der Waals surface area contributed by atoms with Gasteiger partial charge in [-0.05, 0) is 31.4 Å². The molecule has 1 N–H and O–H groups in total. The Balaban J connectivity index is 1.60. The van der Waals surface area contributed by atoms with Crippen LogP contribution in [-0.4, -0.2) is 61.6 Å². The first-order valence-electron chi connectivity index (χ1n) is 9.62. The van der Waals surface area contributed by atoms with E-state index < -0.39 is 26.1 Å². The average Bonchev–Trinajstić information content (AvgIpc) is 3.50. The van der Waals surface area contributed by atoms with E-state index in [0.717, 1.165) is 43.5 Å². The Morgan fingerprint density at radius 1 is 1.27 bits per heavy atom. The van der Waals surface area contributed by atoms with Gasteiger partial charge in [0.2, 0.25) is 0 Å². The lowest BCUT2D eigenvalue weighted by atomic mass is 10.1. The minimum atomic E-state index is -3.50. The van der Waals surface area contributed by atoms with E-state index >= 15 is 0 Å². The molecule has 0 spiro atoms. The predicted octanol–water partition coefficient (Wildman–Crippen LogP) is 2.28. The van der Waals surface area contributed by atoms with Crippen LogP contribution in [0.4, 0.5) is 9.52 Å². The number of halogens is 1. The molecular formula is C19H21FN4O4S2. The Morgan fingerprint density at radius 3 is 2.60 bits per heavy atom. The Bertz CT molecular complexity index is 1040. The fourth-order valence-corrected chi connectivity index (χ4v) is 5.52. The topological polar surface area (TPSA) is 101 Å². The number of hydrogen-bond acceptors (Lipinski definition) is 8. The third-order valence-electron chi connectivity index (χ3n) is 5.02. The lowest BCUT2D eigenvalue weighted by Crippen LogP contribution is -2.27. The molecule has 2 aliphatic rings. The highest BCUT2D eigenvalue weighted by Gasteiger charge is 2.31. The molecule has 2 aliphatic heterocycles. The molecule has 11 heteroatoms. The van der Waals surface area contributed by atoms with Crippen LogP contribution in [0.3, 0.4) is 0 Å². The van der Waals surface area contributed by atoms with Gasteiger partial charge in [0.15, 0.2) is 25.8 Å². The van der Waals surface area contributed by atoms with E-state index in [-0.39, 0.29) is 22.3 Å². The first-order chi connectivity index (χ1) is 14.4. The molecule has 0 radical (unpaired) electrons. The van der Waals surface area contributed by atoms with Gasteiger partial charge in [-0.25, -0.2) is 13.4 Å². The number of carbonyl (C=O) groups excluding carboxylic acids is 1. The van der Waals surface area contributed by atoms with Crippen LogP contribution in [0.1, 0.15) is 24.8 Å². The van der Waals surface area contributed by atoms with Crippen LogP contribution in [0.5, 0.6) is 0 Å². The number of rotatable bonds is 6. The number of amides is 1. The van der Waals surface area contributed by atoms with Gasteiger partial charge in [-0.3, -0.25) is 15.1 Å². The summed E-state index contributed by atoms with van der Waals surface area (Å²) in [5.74, 6) is -0.531. The SMILES string of the molecule is O=C(Nc1ncc(F)s1)C(=NN1CCCC1)c1ccc(S(=O)(=O)[C@H]2CCOC2)cc1. The van der Waals surface area contributed by atoms with Crippen LogP contribution in [0.2, 0.25) is 0 Å². The maximum absolute atomic E-state index is 13.2. The predicted molar refractivity (Wildman–Crippen MR) is 111 cm³/mol. The monoisotopic (exact) mass is 452 g/mol. The van der Waals surface area contributed by atoms with E-state index in [1.54, 1.807) is 17.1 Å². The number of anilines is 1. The molecule has 1 aromatic heterocycles. The van der Waals surface area contributed by atoms with Crippen molar-refractivity contribution in [1.82, 2.24) is 9.99 Å². The van der Waals surface area contributed by atoms with Crippen LogP contribution in [0, 0.1) is 5.13 Å². The van der Waals surface area contributed by atoms with Crippen LogP contribution < -0.4 is 5.32 Å². The van der Waals surface area contributed by atoms with Crippen molar-refractivity contribution < 1.29 is 22.3 Å². The van der Waals surface area contributed by atoms with Crippen molar-refractivity contribution in [3.05, 3.63) is 41.2 Å². The van der Waals surface area contributed by atoms with Gasteiger partial charge in [0.25, 0.3) is 5.91 Å². The zero-order valence-corrected chi connectivity index (χ0v) is 17.7. The van der Waals surface area contributed by atoms with Crippen LogP contribution in [-0.2, 0) is 19.4 Å². The van der Waals surface area contributed by atoms with Gasteiger partial charge >= 0.3 is 0 Å². The zero-order chi connectivity index (χ0) is 21.1. The Morgan fingerprint density at radius 2 is 2.00 bits per heavy atom. The molecule has 2 aromatic rings. The second-order valence-electron chi connectivity index (χ2n) is 7.09. The van der Waals surface area contributed by atoms with Crippen LogP contribution in [0.15, 0.2) is 40.5 Å². The van der Waals surface area contributed by atoms with Gasteiger partial charge in [0.1, 0.15) is 0 Å². The number of carbonyl (C=O) groups is 1. The summed E-state index contributed by atoms with van der Waals surface area (Å²) in [5, 5.41) is 7.91. The number of sulfone groups is 1. The fourth-order valence-electron chi connectivity index (χ4n) is 3.40. The molecule has 0 unspecified atom stereocenters. The standard InChI is InChI=1S/C19H21FN4O4S2/c20-16-11-21-19(29-16)22-18(25)17(23-24-8-1-2-9-24)13-3-5-14(6-4-13)30(26,27)15-7-10-28-12-15/h3-6,11,15H,1-2,7-10,12H2,(H,21,22,25)/t15-/m0/s1. The largest absolute Gasteiger partial charge is 0.380 e. The summed E-state index contributed by atoms with van der Waals surface area (Å²) in [6.07, 6.45) is 3.47. The van der Waals surface area contributed by atoms with Crippen molar-refractivity contribution >= 4 is 37.9 Å². The molecule has 160 valence electrons. The molecule has 30 heavy (non-hydrogen) atoms. The molecular weight excluding hydrogens is 431 g/mol. The lowest BCUT2D eigenvalue weighted by molar-refractivity contribution is -0.110. The number of nitrogens with one attached hydrogen (secondary N) is 1. The summed E-state index contributed by atoms with van der Waals surface area (Å²) in [5.41, 5.74) is 0.596. The summed E-state index contributed by atoms with van der Waals surface area (Å²) in [4.78, 5) is 16.8. The summed E-state index contributed by atoms with van der Waals surface area (Å²) in [6.45, 7) is 2.10. The van der Waals surface area contributed by atoms with E-state index in [1.807, 2.05) is 0 Å².